The van der Waals surface area contributed by atoms with Gasteiger partial charge in [0.05, 0.1) is 0 Å². The van der Waals surface area contributed by atoms with E-state index in [-0.39, 0.29) is 6.17 Å². The summed E-state index contributed by atoms with van der Waals surface area (Å²) in [5.41, 5.74) is 11.7. The number of rotatable bonds is 4. The summed E-state index contributed by atoms with van der Waals surface area (Å²) in [7, 11) is 0. The van der Waals surface area contributed by atoms with E-state index in [4.69, 9.17) is 0 Å². The molecule has 5 heteroatoms. The Labute approximate surface area is 284 Å². The number of nitrogens with zero attached hydrogens (tertiary/aromatic N) is 2. The Balaban J connectivity index is 1.26. The quantitative estimate of drug-likeness (QED) is 0.149. The van der Waals surface area contributed by atoms with Gasteiger partial charge in [-0.15, -0.1) is 0 Å². The van der Waals surface area contributed by atoms with Crippen LogP contribution in [0.3, 0.4) is 0 Å². The highest BCUT2D eigenvalue weighted by atomic mass is 32.2. The number of hydrogen-bond acceptors (Lipinski definition) is 5. The Morgan fingerprint density at radius 1 is 0.750 bits per heavy atom. The number of pyridine rings is 1. The normalized spacial score (nSPS) is 16.8. The average molecular weight is 637 g/mol. The molecule has 5 aromatic carbocycles. The van der Waals surface area contributed by atoms with Crippen LogP contribution >= 0.6 is 11.9 Å². The van der Waals surface area contributed by atoms with Crippen LogP contribution in [0.15, 0.2) is 164 Å². The molecular formula is C43H32N4S. The highest BCUT2D eigenvalue weighted by molar-refractivity contribution is 7.97. The number of aromatic nitrogens is 1. The van der Waals surface area contributed by atoms with Gasteiger partial charge in [0.2, 0.25) is 0 Å². The molecule has 230 valence electrons. The van der Waals surface area contributed by atoms with Gasteiger partial charge < -0.3 is 10.6 Å². The fourth-order valence-corrected chi connectivity index (χ4v) is 8.17. The van der Waals surface area contributed by atoms with Crippen LogP contribution in [0.1, 0.15) is 16.7 Å². The van der Waals surface area contributed by atoms with E-state index in [0.29, 0.717) is 0 Å². The molecular weight excluding hydrogens is 605 g/mol. The van der Waals surface area contributed by atoms with Gasteiger partial charge in [0.25, 0.3) is 0 Å². The summed E-state index contributed by atoms with van der Waals surface area (Å²) in [6.07, 6.45) is 16.9. The number of fused-ring (bicyclic) bond motifs is 4. The van der Waals surface area contributed by atoms with Gasteiger partial charge in [0, 0.05) is 46.9 Å². The van der Waals surface area contributed by atoms with E-state index in [1.165, 1.54) is 59.8 Å². The van der Waals surface area contributed by atoms with Crippen molar-refractivity contribution in [2.24, 2.45) is 0 Å². The molecule has 0 amide bonds. The van der Waals surface area contributed by atoms with Gasteiger partial charge in [-0.25, -0.2) is 0 Å². The fourth-order valence-electron chi connectivity index (χ4n) is 7.11. The summed E-state index contributed by atoms with van der Waals surface area (Å²) in [5, 5.41) is 11.9. The smallest absolute Gasteiger partial charge is 0.129 e. The Hall–Kier alpha value is -5.78. The molecule has 0 spiro atoms. The third-order valence-electron chi connectivity index (χ3n) is 9.35. The van der Waals surface area contributed by atoms with Gasteiger partial charge in [-0.1, -0.05) is 91.5 Å². The molecule has 1 unspecified atom stereocenters. The number of dihydropyridines is 1. The van der Waals surface area contributed by atoms with Crippen LogP contribution in [-0.2, 0) is 0 Å². The van der Waals surface area contributed by atoms with Gasteiger partial charge in [-0.3, -0.25) is 9.29 Å². The van der Waals surface area contributed by atoms with Crippen LogP contribution in [0.5, 0.6) is 0 Å². The first-order valence-electron chi connectivity index (χ1n) is 16.2. The Morgan fingerprint density at radius 3 is 2.19 bits per heavy atom. The molecule has 1 aromatic heterocycles. The number of allylic oxidation sites excluding steroid dienone is 4. The molecule has 4 nitrogen and oxygen atoms in total. The lowest BCUT2D eigenvalue weighted by Crippen LogP contribution is -2.36. The Bertz CT molecular complexity index is 2330. The molecule has 2 N–H and O–H groups in total. The maximum Gasteiger partial charge on any atom is 0.129 e. The third kappa shape index (κ3) is 4.91. The number of hydrogen-bond donors (Lipinski definition) is 2. The van der Waals surface area contributed by atoms with Gasteiger partial charge in [0.15, 0.2) is 0 Å². The SMILES string of the molecule is C=C1NC2C=CC(c3c4ccccc4c(-c4cc(C5=CC=CNC5)cc(-c5cccnc5)c4)c4ccccc34)=CN2Sc2ccccc21. The Kier molecular flexibility index (Phi) is 6.98. The predicted octanol–water partition coefficient (Wildman–Crippen LogP) is 10.0. The summed E-state index contributed by atoms with van der Waals surface area (Å²) >= 11 is 1.75. The van der Waals surface area contributed by atoms with E-state index < -0.39 is 0 Å². The van der Waals surface area contributed by atoms with Crippen molar-refractivity contribution in [3.05, 3.63) is 175 Å². The topological polar surface area (TPSA) is 40.2 Å². The summed E-state index contributed by atoms with van der Waals surface area (Å²) in [6, 6.07) is 37.3. The highest BCUT2D eigenvalue weighted by Crippen LogP contribution is 2.45. The molecule has 0 aliphatic carbocycles. The van der Waals surface area contributed by atoms with Crippen LogP contribution in [0.2, 0.25) is 0 Å². The van der Waals surface area contributed by atoms with Gasteiger partial charge in [-0.05, 0) is 121 Å². The fraction of sp³-hybridized carbons (Fsp3) is 0.0465. The largest absolute Gasteiger partial charge is 0.387 e. The van der Waals surface area contributed by atoms with Crippen molar-refractivity contribution >= 4 is 50.3 Å². The molecule has 0 saturated carbocycles. The van der Waals surface area contributed by atoms with E-state index in [9.17, 15) is 0 Å². The van der Waals surface area contributed by atoms with Crippen LogP contribution in [0.25, 0.3) is 60.6 Å². The minimum absolute atomic E-state index is 0.00233. The highest BCUT2D eigenvalue weighted by Gasteiger charge is 2.27. The average Bonchev–Trinajstić information content (AvgIpc) is 3.29. The molecule has 0 radical (unpaired) electrons. The first kappa shape index (κ1) is 28.4. The van der Waals surface area contributed by atoms with Gasteiger partial charge in [-0.2, -0.15) is 0 Å². The number of nitrogens with one attached hydrogen (secondary N) is 2. The van der Waals surface area contributed by atoms with Crippen LogP contribution in [-0.4, -0.2) is 22.0 Å². The first-order chi connectivity index (χ1) is 23.7. The minimum atomic E-state index is 0.00233. The molecule has 48 heavy (non-hydrogen) atoms. The van der Waals surface area contributed by atoms with Crippen molar-refractivity contribution in [1.29, 1.82) is 0 Å². The molecule has 0 fully saturated rings. The lowest BCUT2D eigenvalue weighted by Gasteiger charge is -2.30. The monoisotopic (exact) mass is 636 g/mol. The molecule has 0 saturated heterocycles. The van der Waals surface area contributed by atoms with Crippen molar-refractivity contribution in [2.75, 3.05) is 6.54 Å². The van der Waals surface area contributed by atoms with Crippen molar-refractivity contribution < 1.29 is 0 Å². The first-order valence-corrected chi connectivity index (χ1v) is 17.0. The van der Waals surface area contributed by atoms with E-state index in [1.807, 2.05) is 24.7 Å². The van der Waals surface area contributed by atoms with Gasteiger partial charge >= 0.3 is 0 Å². The summed E-state index contributed by atoms with van der Waals surface area (Å²) in [6.45, 7) is 5.13. The standard InChI is InChI=1S/C43H32N4S/c1-28-35-12-6-7-17-40(35)48-47-27-31(18-19-41(47)46-28)42-36-13-2-4-15-38(36)43(39-16-5-3-14-37(39)42)34-23-32(29-10-8-20-44-25-29)22-33(24-34)30-11-9-21-45-26-30/h2-25,27,41,45-46H,1,26H2. The molecule has 0 bridgehead atoms. The van der Waals surface area contributed by atoms with Crippen molar-refractivity contribution in [2.45, 2.75) is 11.1 Å². The second kappa shape index (κ2) is 11.8. The lowest BCUT2D eigenvalue weighted by molar-refractivity contribution is 0.484. The minimum Gasteiger partial charge on any atom is -0.387 e. The van der Waals surface area contributed by atoms with Crippen molar-refractivity contribution in [3.63, 3.8) is 0 Å². The molecule has 3 aliphatic rings. The van der Waals surface area contributed by atoms with Crippen LogP contribution in [0.4, 0.5) is 0 Å². The molecule has 4 heterocycles. The Morgan fingerprint density at radius 2 is 1.46 bits per heavy atom. The predicted molar refractivity (Wildman–Crippen MR) is 202 cm³/mol. The molecule has 6 aromatic rings. The van der Waals surface area contributed by atoms with Gasteiger partial charge in [0.1, 0.15) is 6.17 Å². The zero-order valence-corrected chi connectivity index (χ0v) is 27.0. The van der Waals surface area contributed by atoms with Crippen LogP contribution in [0, 0.1) is 0 Å². The van der Waals surface area contributed by atoms with E-state index in [2.05, 4.69) is 154 Å². The van der Waals surface area contributed by atoms with Crippen molar-refractivity contribution in [3.8, 4) is 22.3 Å². The van der Waals surface area contributed by atoms with E-state index in [0.717, 1.165) is 28.9 Å². The zero-order valence-electron chi connectivity index (χ0n) is 26.2. The van der Waals surface area contributed by atoms with Crippen LogP contribution < -0.4 is 10.6 Å². The summed E-state index contributed by atoms with van der Waals surface area (Å²) in [5.74, 6) is 0. The zero-order chi connectivity index (χ0) is 32.0. The number of benzene rings is 5. The second-order valence-electron chi connectivity index (χ2n) is 12.3. The molecule has 9 rings (SSSR count). The molecule has 1 atom stereocenters. The summed E-state index contributed by atoms with van der Waals surface area (Å²) in [4.78, 5) is 5.65. The van der Waals surface area contributed by atoms with E-state index in [1.54, 1.807) is 11.9 Å². The van der Waals surface area contributed by atoms with E-state index >= 15 is 0 Å². The summed E-state index contributed by atoms with van der Waals surface area (Å²) < 4.78 is 2.31. The molecule has 3 aliphatic heterocycles. The second-order valence-corrected chi connectivity index (χ2v) is 13.3. The lowest BCUT2D eigenvalue weighted by atomic mass is 9.84. The third-order valence-corrected chi connectivity index (χ3v) is 10.4. The maximum atomic E-state index is 4.45. The van der Waals surface area contributed by atoms with Crippen molar-refractivity contribution in [1.82, 2.24) is 19.9 Å². The maximum absolute atomic E-state index is 4.45.